The number of sulfonamides is 1. The zero-order valence-electron chi connectivity index (χ0n) is 20.8. The number of ether oxygens (including phenoxy) is 1. The van der Waals surface area contributed by atoms with Crippen molar-refractivity contribution in [2.24, 2.45) is 5.73 Å². The van der Waals surface area contributed by atoms with Crippen molar-refractivity contribution in [3.05, 3.63) is 71.8 Å². The van der Waals surface area contributed by atoms with Gasteiger partial charge < -0.3 is 20.5 Å². The van der Waals surface area contributed by atoms with Crippen molar-refractivity contribution in [3.8, 4) is 5.75 Å². The van der Waals surface area contributed by atoms with Gasteiger partial charge in [-0.2, -0.15) is 0 Å². The maximum atomic E-state index is 13.1. The number of rotatable bonds is 10. The number of hydrogen-bond acceptors (Lipinski definition) is 6. The number of carboxylic acid groups (broad SMARTS) is 1. The van der Waals surface area contributed by atoms with Gasteiger partial charge in [-0.05, 0) is 72.1 Å². The zero-order valence-corrected chi connectivity index (χ0v) is 21.6. The number of fused-ring (bicyclic) bond motifs is 1. The first-order chi connectivity index (χ1) is 17.6. The third-order valence-electron chi connectivity index (χ3n) is 6.59. The summed E-state index contributed by atoms with van der Waals surface area (Å²) in [6.45, 7) is 5.09. The molecule has 37 heavy (non-hydrogen) atoms. The lowest BCUT2D eigenvalue weighted by Gasteiger charge is -2.31. The fraction of sp³-hybridized carbons (Fsp3) is 0.333. The van der Waals surface area contributed by atoms with E-state index in [0.29, 0.717) is 22.6 Å². The molecule has 0 unspecified atom stereocenters. The summed E-state index contributed by atoms with van der Waals surface area (Å²) < 4.78 is 33.4. The molecule has 10 heteroatoms. The topological polar surface area (TPSA) is 137 Å². The van der Waals surface area contributed by atoms with Crippen LogP contribution in [0.25, 0.3) is 10.8 Å². The maximum Gasteiger partial charge on any atom is 0.320 e. The number of amidine groups is 1. The van der Waals surface area contributed by atoms with E-state index in [2.05, 4.69) is 11.8 Å². The number of nitrogens with zero attached hydrogens (tertiary/aromatic N) is 2. The predicted octanol–water partition coefficient (Wildman–Crippen LogP) is 3.41. The Bertz CT molecular complexity index is 1380. The SMILES string of the molecule is CCN1CCC(Oc2ccc(N(Cc3ccc4ccc(C(=N)N)cc4c3)S(=O)(=O)CC(=O)O)cc2)CC1. The van der Waals surface area contributed by atoms with Crippen molar-refractivity contribution in [1.82, 2.24) is 4.90 Å². The summed E-state index contributed by atoms with van der Waals surface area (Å²) in [5, 5.41) is 18.6. The highest BCUT2D eigenvalue weighted by Gasteiger charge is 2.26. The largest absolute Gasteiger partial charge is 0.490 e. The number of nitrogens with one attached hydrogen (secondary N) is 1. The van der Waals surface area contributed by atoms with Crippen LogP contribution < -0.4 is 14.8 Å². The molecule has 0 atom stereocenters. The van der Waals surface area contributed by atoms with Gasteiger partial charge in [-0.25, -0.2) is 8.42 Å². The highest BCUT2D eigenvalue weighted by atomic mass is 32.2. The average Bonchev–Trinajstić information content (AvgIpc) is 2.87. The second-order valence-corrected chi connectivity index (χ2v) is 11.1. The molecule has 9 nitrogen and oxygen atoms in total. The van der Waals surface area contributed by atoms with Gasteiger partial charge in [0.15, 0.2) is 5.75 Å². The average molecular weight is 525 g/mol. The Morgan fingerprint density at radius 1 is 1.08 bits per heavy atom. The highest BCUT2D eigenvalue weighted by molar-refractivity contribution is 7.93. The molecule has 1 aliphatic heterocycles. The number of aliphatic carboxylic acids is 1. The first kappa shape index (κ1) is 26.4. The molecule has 1 heterocycles. The number of carboxylic acids is 1. The number of carbonyl (C=O) groups is 1. The number of anilines is 1. The molecule has 0 aromatic heterocycles. The van der Waals surface area contributed by atoms with Crippen LogP contribution in [0.1, 0.15) is 30.9 Å². The van der Waals surface area contributed by atoms with E-state index in [0.717, 1.165) is 47.6 Å². The fourth-order valence-electron chi connectivity index (χ4n) is 4.54. The predicted molar refractivity (Wildman–Crippen MR) is 145 cm³/mol. The first-order valence-electron chi connectivity index (χ1n) is 12.2. The number of likely N-dealkylation sites (tertiary alicyclic amines) is 1. The zero-order chi connectivity index (χ0) is 26.6. The van der Waals surface area contributed by atoms with Crippen LogP contribution in [0.4, 0.5) is 5.69 Å². The van der Waals surface area contributed by atoms with Gasteiger partial charge in [-0.3, -0.25) is 14.5 Å². The highest BCUT2D eigenvalue weighted by Crippen LogP contribution is 2.27. The summed E-state index contributed by atoms with van der Waals surface area (Å²) in [7, 11) is -4.16. The molecule has 1 fully saturated rings. The smallest absolute Gasteiger partial charge is 0.320 e. The van der Waals surface area contributed by atoms with Crippen LogP contribution in [0, 0.1) is 5.41 Å². The van der Waals surface area contributed by atoms with Gasteiger partial charge in [-0.1, -0.05) is 31.2 Å². The second-order valence-electron chi connectivity index (χ2n) is 9.21. The lowest BCUT2D eigenvalue weighted by molar-refractivity contribution is -0.134. The molecule has 0 saturated carbocycles. The number of benzene rings is 3. The van der Waals surface area contributed by atoms with Crippen molar-refractivity contribution in [2.45, 2.75) is 32.4 Å². The molecule has 4 N–H and O–H groups in total. The fourth-order valence-corrected chi connectivity index (χ4v) is 5.80. The van der Waals surface area contributed by atoms with E-state index in [4.69, 9.17) is 15.9 Å². The van der Waals surface area contributed by atoms with Crippen molar-refractivity contribution >= 4 is 38.3 Å². The molecule has 0 bridgehead atoms. The quantitative estimate of drug-likeness (QED) is 0.273. The van der Waals surface area contributed by atoms with Gasteiger partial charge in [0.25, 0.3) is 0 Å². The minimum atomic E-state index is -4.16. The molecule has 3 aromatic carbocycles. The second kappa shape index (κ2) is 11.2. The van der Waals surface area contributed by atoms with E-state index in [1.54, 1.807) is 42.5 Å². The van der Waals surface area contributed by atoms with Crippen LogP contribution in [0.15, 0.2) is 60.7 Å². The van der Waals surface area contributed by atoms with E-state index in [-0.39, 0.29) is 18.5 Å². The van der Waals surface area contributed by atoms with Crippen molar-refractivity contribution < 1.29 is 23.1 Å². The molecule has 0 radical (unpaired) electrons. The van der Waals surface area contributed by atoms with E-state index < -0.39 is 21.7 Å². The number of nitrogen functional groups attached to an aromatic ring is 1. The molecule has 0 spiro atoms. The Balaban J connectivity index is 1.58. The summed E-state index contributed by atoms with van der Waals surface area (Å²) in [5.74, 6) is -1.86. The minimum absolute atomic E-state index is 0.0501. The normalized spacial score (nSPS) is 14.9. The molecule has 0 amide bonds. The summed E-state index contributed by atoms with van der Waals surface area (Å²) in [4.78, 5) is 13.7. The standard InChI is InChI=1S/C27H32N4O5S/c1-2-30-13-11-25(12-14-30)36-24-9-7-23(8-10-24)31(37(34,35)18-26(32)33)17-19-3-4-20-5-6-21(27(28)29)16-22(20)15-19/h3-10,15-16,25H,2,11-14,17-18H2,1H3,(H3,28,29)(H,32,33). The number of hydrogen-bond donors (Lipinski definition) is 3. The third-order valence-corrected chi connectivity index (χ3v) is 8.22. The van der Waals surface area contributed by atoms with Crippen molar-refractivity contribution in [2.75, 3.05) is 29.7 Å². The third kappa shape index (κ3) is 6.58. The van der Waals surface area contributed by atoms with Crippen LogP contribution in [0.2, 0.25) is 0 Å². The number of piperidine rings is 1. The van der Waals surface area contributed by atoms with Crippen LogP contribution in [0.3, 0.4) is 0 Å². The van der Waals surface area contributed by atoms with Crippen molar-refractivity contribution in [1.29, 1.82) is 5.41 Å². The van der Waals surface area contributed by atoms with Gasteiger partial charge in [0.1, 0.15) is 17.7 Å². The van der Waals surface area contributed by atoms with E-state index in [1.165, 1.54) is 0 Å². The minimum Gasteiger partial charge on any atom is -0.490 e. The van der Waals surface area contributed by atoms with Crippen molar-refractivity contribution in [3.63, 3.8) is 0 Å². The lowest BCUT2D eigenvalue weighted by atomic mass is 10.0. The summed E-state index contributed by atoms with van der Waals surface area (Å²) in [6, 6.07) is 17.6. The van der Waals surface area contributed by atoms with Crippen LogP contribution >= 0.6 is 0 Å². The molecule has 3 aromatic rings. The van der Waals surface area contributed by atoms with Gasteiger partial charge in [0.05, 0.1) is 12.2 Å². The molecule has 4 rings (SSSR count). The summed E-state index contributed by atoms with van der Waals surface area (Å²) in [6.07, 6.45) is 1.97. The molecule has 1 saturated heterocycles. The molecular weight excluding hydrogens is 492 g/mol. The Labute approximate surface area is 217 Å². The van der Waals surface area contributed by atoms with Gasteiger partial charge >= 0.3 is 5.97 Å². The first-order valence-corrected chi connectivity index (χ1v) is 13.8. The lowest BCUT2D eigenvalue weighted by Crippen LogP contribution is -2.38. The van der Waals surface area contributed by atoms with E-state index in [9.17, 15) is 18.3 Å². The molecule has 0 aliphatic carbocycles. The van der Waals surface area contributed by atoms with Crippen LogP contribution in [-0.4, -0.2) is 61.7 Å². The maximum absolute atomic E-state index is 13.1. The summed E-state index contributed by atoms with van der Waals surface area (Å²) in [5.41, 5.74) is 7.21. The Morgan fingerprint density at radius 3 is 2.38 bits per heavy atom. The molecule has 1 aliphatic rings. The Morgan fingerprint density at radius 2 is 1.76 bits per heavy atom. The molecule has 196 valence electrons. The Hall–Kier alpha value is -3.63. The van der Waals surface area contributed by atoms with Gasteiger partial charge in [0, 0.05) is 18.7 Å². The van der Waals surface area contributed by atoms with Gasteiger partial charge in [-0.15, -0.1) is 0 Å². The monoisotopic (exact) mass is 524 g/mol. The van der Waals surface area contributed by atoms with Gasteiger partial charge in [0.2, 0.25) is 10.0 Å². The van der Waals surface area contributed by atoms with E-state index >= 15 is 0 Å². The summed E-state index contributed by atoms with van der Waals surface area (Å²) >= 11 is 0. The number of nitrogens with two attached hydrogens (primary N) is 1. The van der Waals surface area contributed by atoms with Crippen LogP contribution in [-0.2, 0) is 21.4 Å². The van der Waals surface area contributed by atoms with E-state index in [1.807, 2.05) is 18.2 Å². The Kier molecular flexibility index (Phi) is 7.99. The van der Waals surface area contributed by atoms with Crippen LogP contribution in [0.5, 0.6) is 5.75 Å². The molecular formula is C27H32N4O5S.